The zero-order chi connectivity index (χ0) is 30.0. The molecule has 0 unspecified atom stereocenters. The summed E-state index contributed by atoms with van der Waals surface area (Å²) in [5, 5.41) is 11.6. The average Bonchev–Trinajstić information content (AvgIpc) is 3.76. The van der Waals surface area contributed by atoms with Gasteiger partial charge < -0.3 is 31.0 Å². The molecule has 0 saturated carbocycles. The van der Waals surface area contributed by atoms with E-state index in [1.54, 1.807) is 4.90 Å². The maximum Gasteiger partial charge on any atom is 0.405 e. The molecule has 2 aromatic heterocycles. The van der Waals surface area contributed by atoms with Crippen molar-refractivity contribution in [2.24, 2.45) is 17.6 Å². The van der Waals surface area contributed by atoms with Crippen molar-refractivity contribution in [2.75, 3.05) is 6.54 Å². The Balaban J connectivity index is 1.28. The molecule has 4 aromatic rings. The van der Waals surface area contributed by atoms with Crippen molar-refractivity contribution in [3.63, 3.8) is 0 Å². The van der Waals surface area contributed by atoms with Gasteiger partial charge in [-0.3, -0.25) is 4.79 Å². The number of carboxylic acid groups (broad SMARTS) is 1. The number of amides is 2. The number of rotatable bonds is 9. The van der Waals surface area contributed by atoms with Crippen LogP contribution in [0.25, 0.3) is 33.6 Å². The third-order valence-corrected chi connectivity index (χ3v) is 7.99. The smallest absolute Gasteiger partial charge is 0.405 e. The molecular weight excluding hydrogens is 530 g/mol. The maximum atomic E-state index is 13.3. The Morgan fingerprint density at radius 3 is 1.98 bits per heavy atom. The van der Waals surface area contributed by atoms with Gasteiger partial charge in [0, 0.05) is 30.1 Å². The molecule has 1 aliphatic heterocycles. The van der Waals surface area contributed by atoms with Gasteiger partial charge >= 0.3 is 6.09 Å². The van der Waals surface area contributed by atoms with Crippen LogP contribution in [0.15, 0.2) is 60.9 Å². The number of benzene rings is 2. The minimum absolute atomic E-state index is 0.125. The summed E-state index contributed by atoms with van der Waals surface area (Å²) < 4.78 is 0. The van der Waals surface area contributed by atoms with Crippen molar-refractivity contribution >= 4 is 12.0 Å². The van der Waals surface area contributed by atoms with E-state index in [2.05, 4.69) is 70.5 Å². The first-order valence-electron chi connectivity index (χ1n) is 14.5. The van der Waals surface area contributed by atoms with Gasteiger partial charge in [0.15, 0.2) is 0 Å². The zero-order valence-electron chi connectivity index (χ0n) is 24.5. The Labute approximate surface area is 245 Å². The van der Waals surface area contributed by atoms with Crippen molar-refractivity contribution < 1.29 is 14.7 Å². The molecule has 1 saturated heterocycles. The van der Waals surface area contributed by atoms with Gasteiger partial charge in [-0.15, -0.1) is 0 Å². The molecule has 10 heteroatoms. The van der Waals surface area contributed by atoms with Crippen LogP contribution in [0.2, 0.25) is 0 Å². The molecule has 3 heterocycles. The number of hydrogen-bond donors (Lipinski definition) is 5. The molecule has 0 spiro atoms. The van der Waals surface area contributed by atoms with Gasteiger partial charge in [-0.2, -0.15) is 0 Å². The molecule has 6 N–H and O–H groups in total. The number of nitrogens with zero attached hydrogens (tertiary/aromatic N) is 3. The van der Waals surface area contributed by atoms with Crippen molar-refractivity contribution in [3.8, 4) is 33.6 Å². The molecule has 1 fully saturated rings. The van der Waals surface area contributed by atoms with E-state index in [1.807, 2.05) is 38.4 Å². The van der Waals surface area contributed by atoms with Crippen LogP contribution >= 0.6 is 0 Å². The lowest BCUT2D eigenvalue weighted by atomic mass is 10.0. The molecule has 2 amide bonds. The molecule has 220 valence electrons. The predicted octanol–water partition coefficient (Wildman–Crippen LogP) is 5.75. The minimum Gasteiger partial charge on any atom is -0.465 e. The Morgan fingerprint density at radius 1 is 0.881 bits per heavy atom. The number of hydrogen-bond acceptors (Lipinski definition) is 5. The number of imidazole rings is 2. The first kappa shape index (κ1) is 29.1. The number of nitrogens with two attached hydrogens (primary N) is 1. The summed E-state index contributed by atoms with van der Waals surface area (Å²) in [4.78, 5) is 42.3. The van der Waals surface area contributed by atoms with Gasteiger partial charge in [0.05, 0.1) is 23.5 Å². The molecule has 42 heavy (non-hydrogen) atoms. The number of nitrogens with one attached hydrogen (secondary N) is 3. The number of H-pyrrole nitrogens is 2. The molecule has 0 aliphatic carbocycles. The Kier molecular flexibility index (Phi) is 8.44. The lowest BCUT2D eigenvalue weighted by Crippen LogP contribution is -2.50. The van der Waals surface area contributed by atoms with Crippen molar-refractivity contribution in [1.82, 2.24) is 30.2 Å². The van der Waals surface area contributed by atoms with Gasteiger partial charge in [0.25, 0.3) is 0 Å². The van der Waals surface area contributed by atoms with E-state index in [0.717, 1.165) is 52.3 Å². The van der Waals surface area contributed by atoms with Crippen LogP contribution in [0.4, 0.5) is 4.79 Å². The highest BCUT2D eigenvalue weighted by atomic mass is 16.4. The second kappa shape index (κ2) is 12.2. The largest absolute Gasteiger partial charge is 0.465 e. The fourth-order valence-electron chi connectivity index (χ4n) is 5.43. The molecule has 10 nitrogen and oxygen atoms in total. The Morgan fingerprint density at radius 2 is 1.43 bits per heavy atom. The summed E-state index contributed by atoms with van der Waals surface area (Å²) in [5.74, 6) is 1.43. The van der Waals surface area contributed by atoms with E-state index >= 15 is 0 Å². The summed E-state index contributed by atoms with van der Waals surface area (Å²) in [6, 6.07) is 15.4. The standard InChI is InChI=1S/C32H39N7O3/c1-18(2)27(33)30-35-17-25(37-30)23-13-9-21(10-14-23)20-7-11-22(12-8-20)24-16-34-29(36-24)26-6-5-15-39(26)31(40)28(19(3)4)38-32(41)42/h7-14,16-19,26-28,38H,5-6,15,33H2,1-4H3,(H,34,36)(H,35,37)(H,41,42)/t26-,27-,28-/m0/s1. The van der Waals surface area contributed by atoms with Crippen LogP contribution < -0.4 is 11.1 Å². The summed E-state index contributed by atoms with van der Waals surface area (Å²) in [7, 11) is 0. The fourth-order valence-corrected chi connectivity index (χ4v) is 5.43. The normalized spacial score (nSPS) is 16.6. The number of carbonyl (C=O) groups is 2. The van der Waals surface area contributed by atoms with Crippen LogP contribution in [-0.4, -0.2) is 54.5 Å². The van der Waals surface area contributed by atoms with E-state index < -0.39 is 12.1 Å². The van der Waals surface area contributed by atoms with Gasteiger partial charge in [-0.05, 0) is 35.8 Å². The highest BCUT2D eigenvalue weighted by Gasteiger charge is 2.37. The number of aromatic nitrogens is 4. The lowest BCUT2D eigenvalue weighted by Gasteiger charge is -2.29. The summed E-state index contributed by atoms with van der Waals surface area (Å²) in [6.07, 6.45) is 4.17. The average molecular weight is 570 g/mol. The molecule has 0 radical (unpaired) electrons. The van der Waals surface area contributed by atoms with Crippen molar-refractivity contribution in [2.45, 2.75) is 58.7 Å². The first-order chi connectivity index (χ1) is 20.1. The number of carbonyl (C=O) groups excluding carboxylic acids is 1. The molecule has 3 atom stereocenters. The van der Waals surface area contributed by atoms with E-state index in [0.29, 0.717) is 18.3 Å². The molecule has 2 aromatic carbocycles. The third kappa shape index (κ3) is 6.08. The van der Waals surface area contributed by atoms with Crippen LogP contribution in [0.1, 0.15) is 64.3 Å². The van der Waals surface area contributed by atoms with Crippen molar-refractivity contribution in [3.05, 3.63) is 72.6 Å². The van der Waals surface area contributed by atoms with Crippen LogP contribution in [0.5, 0.6) is 0 Å². The molecule has 0 bridgehead atoms. The Bertz CT molecular complexity index is 1520. The van der Waals surface area contributed by atoms with Gasteiger partial charge in [0.1, 0.15) is 17.7 Å². The first-order valence-corrected chi connectivity index (χ1v) is 14.5. The van der Waals surface area contributed by atoms with Crippen LogP contribution in [0.3, 0.4) is 0 Å². The second-order valence-corrected chi connectivity index (χ2v) is 11.6. The van der Waals surface area contributed by atoms with Gasteiger partial charge in [-0.1, -0.05) is 76.2 Å². The van der Waals surface area contributed by atoms with E-state index in [9.17, 15) is 14.7 Å². The Hall–Kier alpha value is -4.44. The SMILES string of the molecule is CC(C)[C@H](NC(=O)O)C(=O)N1CCC[C@H]1c1nc(-c2ccc(-c3ccc(-c4c[nH]c([C@@H](N)C(C)C)n4)cc3)cc2)c[nH]1. The monoisotopic (exact) mass is 569 g/mol. The lowest BCUT2D eigenvalue weighted by molar-refractivity contribution is -0.135. The minimum atomic E-state index is -1.20. The summed E-state index contributed by atoms with van der Waals surface area (Å²) in [5.41, 5.74) is 12.1. The highest BCUT2D eigenvalue weighted by molar-refractivity contribution is 5.86. The van der Waals surface area contributed by atoms with Crippen molar-refractivity contribution in [1.29, 1.82) is 0 Å². The maximum absolute atomic E-state index is 13.3. The van der Waals surface area contributed by atoms with E-state index in [4.69, 9.17) is 10.7 Å². The zero-order valence-corrected chi connectivity index (χ0v) is 24.5. The number of likely N-dealkylation sites (tertiary alicyclic amines) is 1. The van der Waals surface area contributed by atoms with E-state index in [-0.39, 0.29) is 23.9 Å². The van der Waals surface area contributed by atoms with Crippen LogP contribution in [0, 0.1) is 11.8 Å². The van der Waals surface area contributed by atoms with Crippen LogP contribution in [-0.2, 0) is 4.79 Å². The second-order valence-electron chi connectivity index (χ2n) is 11.6. The molecule has 1 aliphatic rings. The van der Waals surface area contributed by atoms with Gasteiger partial charge in [-0.25, -0.2) is 14.8 Å². The van der Waals surface area contributed by atoms with Gasteiger partial charge in [0.2, 0.25) is 5.91 Å². The quantitative estimate of drug-likeness (QED) is 0.173. The fraction of sp³-hybridized carbons (Fsp3) is 0.375. The molecular formula is C32H39N7O3. The van der Waals surface area contributed by atoms with E-state index in [1.165, 1.54) is 0 Å². The third-order valence-electron chi connectivity index (χ3n) is 7.99. The topological polar surface area (TPSA) is 153 Å². The highest BCUT2D eigenvalue weighted by Crippen LogP contribution is 2.33. The summed E-state index contributed by atoms with van der Waals surface area (Å²) in [6.45, 7) is 8.41. The molecule has 5 rings (SSSR count). The summed E-state index contributed by atoms with van der Waals surface area (Å²) >= 11 is 0. The number of aromatic amines is 2. The predicted molar refractivity (Wildman–Crippen MR) is 162 cm³/mol.